The normalized spacial score (nSPS) is 14.2. The second-order valence-electron chi connectivity index (χ2n) is 7.09. The van der Waals surface area contributed by atoms with Crippen molar-refractivity contribution in [1.29, 1.82) is 0 Å². The van der Waals surface area contributed by atoms with Gasteiger partial charge >= 0.3 is 0 Å². The molecular weight excluding hydrogens is 442 g/mol. The molecule has 0 unspecified atom stereocenters. The lowest BCUT2D eigenvalue weighted by molar-refractivity contribution is 0.415. The third kappa shape index (κ3) is 4.28. The van der Waals surface area contributed by atoms with Gasteiger partial charge in [0.25, 0.3) is 10.0 Å². The fourth-order valence-electron chi connectivity index (χ4n) is 3.22. The van der Waals surface area contributed by atoms with Crippen LogP contribution in [0, 0.1) is 6.92 Å². The van der Waals surface area contributed by atoms with E-state index in [1.54, 1.807) is 36.3 Å². The van der Waals surface area contributed by atoms with Crippen molar-refractivity contribution in [2.24, 2.45) is 4.99 Å². The van der Waals surface area contributed by atoms with Crippen LogP contribution in [0.3, 0.4) is 0 Å². The van der Waals surface area contributed by atoms with Gasteiger partial charge in [-0.05, 0) is 55.5 Å². The van der Waals surface area contributed by atoms with Gasteiger partial charge < -0.3 is 4.74 Å². The van der Waals surface area contributed by atoms with Crippen LogP contribution in [-0.4, -0.2) is 31.3 Å². The number of benzene rings is 3. The van der Waals surface area contributed by atoms with Gasteiger partial charge in [-0.1, -0.05) is 48.0 Å². The van der Waals surface area contributed by atoms with Crippen LogP contribution in [-0.2, 0) is 10.0 Å². The SMILES string of the molecule is COc1ccc(N2C=NC(=S)N(S(=O)(=O)c3ccc(C)cc3)C=C2c2ccccc2)cc1. The number of nitrogens with zero attached hydrogens (tertiary/aromatic N) is 3. The van der Waals surface area contributed by atoms with E-state index >= 15 is 0 Å². The van der Waals surface area contributed by atoms with E-state index < -0.39 is 10.0 Å². The molecule has 0 fully saturated rings. The van der Waals surface area contributed by atoms with E-state index in [1.165, 1.54) is 12.5 Å². The second-order valence-corrected chi connectivity index (χ2v) is 9.27. The Balaban J connectivity index is 1.87. The molecule has 0 bridgehead atoms. The molecule has 0 aromatic heterocycles. The van der Waals surface area contributed by atoms with Gasteiger partial charge in [0, 0.05) is 17.5 Å². The number of methoxy groups -OCH3 is 1. The zero-order valence-corrected chi connectivity index (χ0v) is 19.2. The van der Waals surface area contributed by atoms with Crippen LogP contribution in [0.2, 0.25) is 0 Å². The minimum absolute atomic E-state index is 0.0741. The third-order valence-corrected chi connectivity index (χ3v) is 7.05. The minimum atomic E-state index is -3.95. The highest BCUT2D eigenvalue weighted by molar-refractivity contribution is 7.91. The predicted octanol–water partition coefficient (Wildman–Crippen LogP) is 4.83. The first kappa shape index (κ1) is 21.7. The molecule has 0 saturated carbocycles. The minimum Gasteiger partial charge on any atom is -0.497 e. The largest absolute Gasteiger partial charge is 0.497 e. The summed E-state index contributed by atoms with van der Waals surface area (Å²) in [4.78, 5) is 6.22. The zero-order chi connectivity index (χ0) is 22.7. The Morgan fingerprint density at radius 1 is 0.906 bits per heavy atom. The van der Waals surface area contributed by atoms with Gasteiger partial charge in [0.1, 0.15) is 12.1 Å². The Morgan fingerprint density at radius 2 is 1.56 bits per heavy atom. The molecule has 1 aliphatic rings. The maximum absolute atomic E-state index is 13.5. The third-order valence-electron chi connectivity index (χ3n) is 4.97. The van der Waals surface area contributed by atoms with Crippen molar-refractivity contribution in [3.8, 4) is 5.75 Å². The average molecular weight is 464 g/mol. The smallest absolute Gasteiger partial charge is 0.270 e. The van der Waals surface area contributed by atoms with Gasteiger partial charge in [0.05, 0.1) is 17.7 Å². The Morgan fingerprint density at radius 3 is 2.19 bits per heavy atom. The van der Waals surface area contributed by atoms with Crippen molar-refractivity contribution in [2.75, 3.05) is 12.0 Å². The summed E-state index contributed by atoms with van der Waals surface area (Å²) < 4.78 is 33.2. The Kier molecular flexibility index (Phi) is 6.07. The number of aryl methyl sites for hydroxylation is 1. The number of hydrogen-bond donors (Lipinski definition) is 0. The summed E-state index contributed by atoms with van der Waals surface area (Å²) in [5.41, 5.74) is 3.16. The summed E-state index contributed by atoms with van der Waals surface area (Å²) in [5, 5.41) is -0.0741. The maximum Gasteiger partial charge on any atom is 0.270 e. The molecule has 162 valence electrons. The molecule has 6 nitrogen and oxygen atoms in total. The number of hydrogen-bond acceptors (Lipinski definition) is 5. The van der Waals surface area contributed by atoms with E-state index in [1.807, 2.05) is 61.5 Å². The lowest BCUT2D eigenvalue weighted by Crippen LogP contribution is -2.30. The highest BCUT2D eigenvalue weighted by Crippen LogP contribution is 2.30. The maximum atomic E-state index is 13.5. The van der Waals surface area contributed by atoms with E-state index in [0.29, 0.717) is 11.4 Å². The molecule has 0 saturated heterocycles. The molecule has 8 heteroatoms. The number of rotatable bonds is 5. The summed E-state index contributed by atoms with van der Waals surface area (Å²) in [6.07, 6.45) is 3.05. The number of anilines is 1. The van der Waals surface area contributed by atoms with Crippen LogP contribution < -0.4 is 9.64 Å². The van der Waals surface area contributed by atoms with Gasteiger partial charge in [-0.2, -0.15) is 0 Å². The second kappa shape index (κ2) is 8.94. The molecule has 1 aliphatic heterocycles. The molecule has 0 aliphatic carbocycles. The zero-order valence-electron chi connectivity index (χ0n) is 17.5. The van der Waals surface area contributed by atoms with Crippen LogP contribution in [0.1, 0.15) is 11.1 Å². The Bertz CT molecular complexity index is 1280. The fourth-order valence-corrected chi connectivity index (χ4v) is 4.81. The van der Waals surface area contributed by atoms with Crippen LogP contribution >= 0.6 is 12.2 Å². The van der Waals surface area contributed by atoms with Gasteiger partial charge in [-0.3, -0.25) is 4.90 Å². The van der Waals surface area contributed by atoms with E-state index in [2.05, 4.69) is 4.99 Å². The lowest BCUT2D eigenvalue weighted by atomic mass is 10.1. The van der Waals surface area contributed by atoms with Crippen molar-refractivity contribution in [1.82, 2.24) is 4.31 Å². The summed E-state index contributed by atoms with van der Waals surface area (Å²) in [6.45, 7) is 1.90. The van der Waals surface area contributed by atoms with Crippen molar-refractivity contribution in [3.63, 3.8) is 0 Å². The lowest BCUT2D eigenvalue weighted by Gasteiger charge is -2.24. The molecule has 0 radical (unpaired) electrons. The number of sulfonamides is 1. The van der Waals surface area contributed by atoms with Crippen molar-refractivity contribution in [2.45, 2.75) is 11.8 Å². The quantitative estimate of drug-likeness (QED) is 0.508. The number of aliphatic imine (C=N–C) groups is 1. The molecular formula is C24H21N3O3S2. The molecule has 4 rings (SSSR count). The molecule has 0 atom stereocenters. The monoisotopic (exact) mass is 463 g/mol. The van der Waals surface area contributed by atoms with E-state index in [9.17, 15) is 8.42 Å². The summed E-state index contributed by atoms with van der Waals surface area (Å²) >= 11 is 5.39. The Labute approximate surface area is 193 Å². The summed E-state index contributed by atoms with van der Waals surface area (Å²) in [5.74, 6) is 0.713. The number of ether oxygens (including phenoxy) is 1. The summed E-state index contributed by atoms with van der Waals surface area (Å²) in [6, 6.07) is 23.5. The van der Waals surface area contributed by atoms with Crippen molar-refractivity contribution >= 4 is 45.1 Å². The predicted molar refractivity (Wildman–Crippen MR) is 131 cm³/mol. The first-order valence-electron chi connectivity index (χ1n) is 9.80. The van der Waals surface area contributed by atoms with Gasteiger partial charge in [0.15, 0.2) is 0 Å². The topological polar surface area (TPSA) is 62.2 Å². The van der Waals surface area contributed by atoms with Gasteiger partial charge in [0.2, 0.25) is 5.11 Å². The molecule has 0 amide bonds. The standard InChI is InChI=1S/C24H21N3O3S2/c1-18-8-14-22(15-9-18)32(28,29)27-16-23(19-6-4-3-5-7-19)26(17-25-24(27)31)20-10-12-21(30-2)13-11-20/h3-17H,1-2H3. The van der Waals surface area contributed by atoms with Crippen LogP contribution in [0.15, 0.2) is 95.0 Å². The van der Waals surface area contributed by atoms with E-state index in [4.69, 9.17) is 17.0 Å². The number of thiocarbonyl (C=S) groups is 1. The first-order valence-corrected chi connectivity index (χ1v) is 11.6. The van der Waals surface area contributed by atoms with Crippen molar-refractivity contribution < 1.29 is 13.2 Å². The van der Waals surface area contributed by atoms with E-state index in [-0.39, 0.29) is 10.0 Å². The molecule has 32 heavy (non-hydrogen) atoms. The van der Waals surface area contributed by atoms with Crippen LogP contribution in [0.25, 0.3) is 5.70 Å². The molecule has 0 spiro atoms. The highest BCUT2D eigenvalue weighted by Gasteiger charge is 2.29. The molecule has 1 heterocycles. The molecule has 0 N–H and O–H groups in total. The molecule has 3 aromatic carbocycles. The summed E-state index contributed by atoms with van der Waals surface area (Å²) in [7, 11) is -2.35. The van der Waals surface area contributed by atoms with E-state index in [0.717, 1.165) is 21.1 Å². The average Bonchev–Trinajstić information content (AvgIpc) is 2.99. The highest BCUT2D eigenvalue weighted by atomic mass is 32.2. The fraction of sp³-hybridized carbons (Fsp3) is 0.0833. The van der Waals surface area contributed by atoms with Crippen LogP contribution in [0.4, 0.5) is 5.69 Å². The van der Waals surface area contributed by atoms with Crippen LogP contribution in [0.5, 0.6) is 5.75 Å². The van der Waals surface area contributed by atoms with Crippen molar-refractivity contribution in [3.05, 3.63) is 96.2 Å². The van der Waals surface area contributed by atoms with Gasteiger partial charge in [-0.15, -0.1) is 0 Å². The first-order chi connectivity index (χ1) is 15.4. The molecule has 3 aromatic rings. The Hall–Kier alpha value is -3.49. The van der Waals surface area contributed by atoms with Gasteiger partial charge in [-0.25, -0.2) is 17.7 Å².